The molecule has 2 N–H and O–H groups in total. The van der Waals surface area contributed by atoms with Crippen LogP contribution in [0.3, 0.4) is 0 Å². The van der Waals surface area contributed by atoms with Gasteiger partial charge >= 0.3 is 0 Å². The van der Waals surface area contributed by atoms with Gasteiger partial charge in [0.15, 0.2) is 0 Å². The summed E-state index contributed by atoms with van der Waals surface area (Å²) in [5.41, 5.74) is 1.42. The van der Waals surface area contributed by atoms with Crippen molar-refractivity contribution in [3.05, 3.63) is 29.8 Å². The molecule has 1 unspecified atom stereocenters. The zero-order valence-corrected chi connectivity index (χ0v) is 16.3. The van der Waals surface area contributed by atoms with E-state index in [0.717, 1.165) is 51.4 Å². The second kappa shape index (κ2) is 9.35. The Labute approximate surface area is 161 Å². The summed E-state index contributed by atoms with van der Waals surface area (Å²) in [6, 6.07) is 7.69. The lowest BCUT2D eigenvalue weighted by Crippen LogP contribution is -2.49. The molecule has 0 saturated carbocycles. The quantitative estimate of drug-likeness (QED) is 0.836. The minimum atomic E-state index is -0.0622. The number of nitrogens with one attached hydrogen (secondary N) is 2. The summed E-state index contributed by atoms with van der Waals surface area (Å²) in [4.78, 5) is 28.9. The number of hydrogen-bond acceptors (Lipinski definition) is 4. The fourth-order valence-electron chi connectivity index (χ4n) is 3.44. The maximum absolute atomic E-state index is 12.7. The normalized spacial score (nSPS) is 20.7. The minimum Gasteiger partial charge on any atom is -0.337 e. The molecule has 1 aromatic carbocycles. The van der Waals surface area contributed by atoms with Gasteiger partial charge in [-0.2, -0.15) is 0 Å². The molecule has 0 aromatic heterocycles. The van der Waals surface area contributed by atoms with Gasteiger partial charge in [0.2, 0.25) is 5.91 Å². The average Bonchev–Trinajstić information content (AvgIpc) is 3.12. The Morgan fingerprint density at radius 1 is 1.12 bits per heavy atom. The summed E-state index contributed by atoms with van der Waals surface area (Å²) >= 11 is 0. The number of benzene rings is 1. The summed E-state index contributed by atoms with van der Waals surface area (Å²) in [6.45, 7) is 9.55. The first kappa shape index (κ1) is 20.7. The van der Waals surface area contributed by atoms with Crippen LogP contribution >= 0.6 is 12.4 Å². The number of anilines is 1. The molecule has 1 atom stereocenters. The molecule has 2 aliphatic heterocycles. The molecule has 2 amide bonds. The lowest BCUT2D eigenvalue weighted by molar-refractivity contribution is -0.118. The molecule has 2 heterocycles. The largest absolute Gasteiger partial charge is 0.337 e. The third kappa shape index (κ3) is 4.96. The van der Waals surface area contributed by atoms with E-state index in [-0.39, 0.29) is 30.1 Å². The van der Waals surface area contributed by atoms with Gasteiger partial charge < -0.3 is 15.5 Å². The average molecular weight is 381 g/mol. The number of halogens is 1. The number of carbonyl (C=O) groups is 2. The number of amides is 2. The summed E-state index contributed by atoms with van der Waals surface area (Å²) < 4.78 is 0. The SMILES string of the molecule is CC(C)C(=O)Nc1ccc(C(=O)N2CCC(N3CCNCC3)C2)cc1.Cl. The van der Waals surface area contributed by atoms with Crippen molar-refractivity contribution < 1.29 is 9.59 Å². The topological polar surface area (TPSA) is 64.7 Å². The van der Waals surface area contributed by atoms with E-state index in [9.17, 15) is 9.59 Å². The molecule has 6 nitrogen and oxygen atoms in total. The van der Waals surface area contributed by atoms with E-state index in [1.165, 1.54) is 0 Å². The van der Waals surface area contributed by atoms with Crippen LogP contribution in [0.1, 0.15) is 30.6 Å². The fraction of sp³-hybridized carbons (Fsp3) is 0.579. The van der Waals surface area contributed by atoms with Gasteiger partial charge in [-0.05, 0) is 30.7 Å². The van der Waals surface area contributed by atoms with Crippen LogP contribution in [0.5, 0.6) is 0 Å². The van der Waals surface area contributed by atoms with Crippen LogP contribution in [0, 0.1) is 5.92 Å². The van der Waals surface area contributed by atoms with E-state index in [4.69, 9.17) is 0 Å². The van der Waals surface area contributed by atoms with E-state index < -0.39 is 0 Å². The van der Waals surface area contributed by atoms with Crippen molar-refractivity contribution in [2.75, 3.05) is 44.6 Å². The molecule has 7 heteroatoms. The number of nitrogens with zero attached hydrogens (tertiary/aromatic N) is 2. The van der Waals surface area contributed by atoms with Gasteiger partial charge in [0.05, 0.1) is 0 Å². The van der Waals surface area contributed by atoms with Crippen LogP contribution in [-0.2, 0) is 4.79 Å². The monoisotopic (exact) mass is 380 g/mol. The third-order valence-corrected chi connectivity index (χ3v) is 5.04. The molecular weight excluding hydrogens is 352 g/mol. The van der Waals surface area contributed by atoms with Gasteiger partial charge in [0.25, 0.3) is 5.91 Å². The second-order valence-electron chi connectivity index (χ2n) is 7.20. The van der Waals surface area contributed by atoms with Crippen molar-refractivity contribution in [2.45, 2.75) is 26.3 Å². The molecule has 1 aromatic rings. The van der Waals surface area contributed by atoms with E-state index in [1.807, 2.05) is 18.7 Å². The second-order valence-corrected chi connectivity index (χ2v) is 7.20. The molecule has 144 valence electrons. The number of likely N-dealkylation sites (tertiary alicyclic amines) is 1. The maximum Gasteiger partial charge on any atom is 0.253 e. The molecular formula is C19H29ClN4O2. The molecule has 2 fully saturated rings. The van der Waals surface area contributed by atoms with Crippen molar-refractivity contribution in [3.63, 3.8) is 0 Å². The van der Waals surface area contributed by atoms with Crippen LogP contribution in [0.4, 0.5) is 5.69 Å². The van der Waals surface area contributed by atoms with Crippen molar-refractivity contribution in [2.24, 2.45) is 5.92 Å². The smallest absolute Gasteiger partial charge is 0.253 e. The Hall–Kier alpha value is -1.63. The number of carbonyl (C=O) groups excluding carboxylic acids is 2. The molecule has 0 bridgehead atoms. The standard InChI is InChI=1S/C19H28N4O2.ClH/c1-14(2)18(24)21-16-5-3-15(4-6-16)19(25)23-10-7-17(13-23)22-11-8-20-9-12-22;/h3-6,14,17,20H,7-13H2,1-2H3,(H,21,24);1H. The highest BCUT2D eigenvalue weighted by Gasteiger charge is 2.31. The van der Waals surface area contributed by atoms with E-state index in [0.29, 0.717) is 11.6 Å². The molecule has 0 aliphatic carbocycles. The highest BCUT2D eigenvalue weighted by molar-refractivity contribution is 5.96. The van der Waals surface area contributed by atoms with E-state index in [1.54, 1.807) is 24.3 Å². The maximum atomic E-state index is 12.7. The van der Waals surface area contributed by atoms with Crippen LogP contribution in [0.15, 0.2) is 24.3 Å². The van der Waals surface area contributed by atoms with Crippen molar-refractivity contribution in [3.8, 4) is 0 Å². The lowest BCUT2D eigenvalue weighted by atomic mass is 10.1. The zero-order valence-electron chi connectivity index (χ0n) is 15.5. The van der Waals surface area contributed by atoms with Crippen molar-refractivity contribution in [1.82, 2.24) is 15.1 Å². The molecule has 3 rings (SSSR count). The zero-order chi connectivity index (χ0) is 17.8. The van der Waals surface area contributed by atoms with E-state index in [2.05, 4.69) is 15.5 Å². The highest BCUT2D eigenvalue weighted by Crippen LogP contribution is 2.19. The Kier molecular flexibility index (Phi) is 7.43. The Morgan fingerprint density at radius 2 is 1.77 bits per heavy atom. The summed E-state index contributed by atoms with van der Waals surface area (Å²) in [5, 5.41) is 6.22. The molecule has 0 spiro atoms. The molecule has 26 heavy (non-hydrogen) atoms. The highest BCUT2D eigenvalue weighted by atomic mass is 35.5. The van der Waals surface area contributed by atoms with Gasteiger partial charge in [-0.25, -0.2) is 0 Å². The van der Waals surface area contributed by atoms with Gasteiger partial charge in [-0.15, -0.1) is 12.4 Å². The number of piperazine rings is 1. The summed E-state index contributed by atoms with van der Waals surface area (Å²) in [7, 11) is 0. The number of hydrogen-bond donors (Lipinski definition) is 2. The van der Waals surface area contributed by atoms with Crippen LogP contribution < -0.4 is 10.6 Å². The Bertz CT molecular complexity index is 614. The van der Waals surface area contributed by atoms with Gasteiger partial charge in [-0.3, -0.25) is 14.5 Å². The van der Waals surface area contributed by atoms with Crippen LogP contribution in [0.2, 0.25) is 0 Å². The predicted molar refractivity (Wildman–Crippen MR) is 106 cm³/mol. The van der Waals surface area contributed by atoms with Crippen LogP contribution in [0.25, 0.3) is 0 Å². The van der Waals surface area contributed by atoms with Crippen molar-refractivity contribution >= 4 is 29.9 Å². The predicted octanol–water partition coefficient (Wildman–Crippen LogP) is 1.82. The first-order valence-electron chi connectivity index (χ1n) is 9.19. The van der Waals surface area contributed by atoms with Gasteiger partial charge in [-0.1, -0.05) is 13.8 Å². The minimum absolute atomic E-state index is 0. The lowest BCUT2D eigenvalue weighted by Gasteiger charge is -2.32. The molecule has 2 aliphatic rings. The first-order valence-corrected chi connectivity index (χ1v) is 9.19. The van der Waals surface area contributed by atoms with Gasteiger partial charge in [0, 0.05) is 62.5 Å². The van der Waals surface area contributed by atoms with E-state index >= 15 is 0 Å². The fourth-order valence-corrected chi connectivity index (χ4v) is 3.44. The van der Waals surface area contributed by atoms with Crippen LogP contribution in [-0.4, -0.2) is 66.9 Å². The number of rotatable bonds is 4. The Balaban J connectivity index is 0.00000243. The molecule has 2 saturated heterocycles. The Morgan fingerprint density at radius 3 is 2.38 bits per heavy atom. The van der Waals surface area contributed by atoms with Crippen molar-refractivity contribution in [1.29, 1.82) is 0 Å². The summed E-state index contributed by atoms with van der Waals surface area (Å²) in [5.74, 6) is 0.00434. The summed E-state index contributed by atoms with van der Waals surface area (Å²) in [6.07, 6.45) is 1.05. The molecule has 0 radical (unpaired) electrons. The third-order valence-electron chi connectivity index (χ3n) is 5.04. The van der Waals surface area contributed by atoms with Gasteiger partial charge in [0.1, 0.15) is 0 Å². The first-order chi connectivity index (χ1) is 12.0.